The second-order valence-electron chi connectivity index (χ2n) is 6.22. The van der Waals surface area contributed by atoms with Crippen molar-refractivity contribution in [1.82, 2.24) is 14.8 Å². The summed E-state index contributed by atoms with van der Waals surface area (Å²) >= 11 is 0. The molecule has 24 heavy (non-hydrogen) atoms. The summed E-state index contributed by atoms with van der Waals surface area (Å²) in [4.78, 5) is 15.6. The summed E-state index contributed by atoms with van der Waals surface area (Å²) in [5, 5.41) is 4.75. The lowest BCUT2D eigenvalue weighted by Gasteiger charge is -2.09. The Balaban J connectivity index is 1.68. The van der Waals surface area contributed by atoms with Crippen molar-refractivity contribution >= 4 is 6.29 Å². The summed E-state index contributed by atoms with van der Waals surface area (Å²) in [5.74, 6) is 1.29. The number of carbonyl (C=O) groups is 1. The molecule has 5 heteroatoms. The number of aldehydes is 1. The molecule has 0 aromatic carbocycles. The molecule has 0 saturated carbocycles. The average molecular weight is 321 g/mol. The van der Waals surface area contributed by atoms with Gasteiger partial charge in [0, 0.05) is 35.6 Å². The highest BCUT2D eigenvalue weighted by atomic mass is 16.3. The molecule has 3 aromatic heterocycles. The Bertz CT molecular complexity index is 904. The summed E-state index contributed by atoms with van der Waals surface area (Å²) in [7, 11) is 0. The van der Waals surface area contributed by atoms with Crippen LogP contribution in [0.25, 0.3) is 11.3 Å². The lowest BCUT2D eigenvalue weighted by molar-refractivity contribution is 0.109. The molecule has 0 unspecified atom stereocenters. The highest BCUT2D eigenvalue weighted by Gasteiger charge is 2.27. The number of pyridine rings is 1. The van der Waals surface area contributed by atoms with Gasteiger partial charge in [-0.05, 0) is 37.0 Å². The highest BCUT2D eigenvalue weighted by Crippen LogP contribution is 2.37. The van der Waals surface area contributed by atoms with Crippen molar-refractivity contribution in [1.29, 1.82) is 0 Å². The molecule has 5 nitrogen and oxygen atoms in total. The van der Waals surface area contributed by atoms with E-state index in [9.17, 15) is 4.79 Å². The predicted octanol–water partition coefficient (Wildman–Crippen LogP) is 3.37. The molecule has 0 fully saturated rings. The van der Waals surface area contributed by atoms with Gasteiger partial charge in [0.25, 0.3) is 0 Å². The van der Waals surface area contributed by atoms with Crippen LogP contribution in [0.3, 0.4) is 0 Å². The molecule has 1 aliphatic carbocycles. The van der Waals surface area contributed by atoms with Crippen LogP contribution in [0.4, 0.5) is 0 Å². The molecular formula is C19H19N3O2. The van der Waals surface area contributed by atoms with Crippen LogP contribution in [-0.2, 0) is 25.8 Å². The van der Waals surface area contributed by atoms with Crippen LogP contribution in [-0.4, -0.2) is 21.1 Å². The summed E-state index contributed by atoms with van der Waals surface area (Å²) in [6.45, 7) is 4.71. The molecule has 0 bridgehead atoms. The van der Waals surface area contributed by atoms with Crippen LogP contribution in [0, 0.1) is 6.92 Å². The zero-order valence-corrected chi connectivity index (χ0v) is 13.9. The molecule has 3 aromatic rings. The Labute approximate surface area is 140 Å². The zero-order chi connectivity index (χ0) is 16.7. The Kier molecular flexibility index (Phi) is 3.56. The monoisotopic (exact) mass is 321 g/mol. The number of rotatable bonds is 4. The lowest BCUT2D eigenvalue weighted by atomic mass is 9.94. The van der Waals surface area contributed by atoms with Crippen LogP contribution in [0.1, 0.15) is 45.6 Å². The topological polar surface area (TPSA) is 60.9 Å². The van der Waals surface area contributed by atoms with E-state index in [1.54, 1.807) is 0 Å². The third-order valence-corrected chi connectivity index (χ3v) is 4.65. The van der Waals surface area contributed by atoms with Gasteiger partial charge in [0.15, 0.2) is 12.0 Å². The maximum Gasteiger partial charge on any atom is 0.185 e. The quantitative estimate of drug-likeness (QED) is 0.691. The van der Waals surface area contributed by atoms with E-state index in [2.05, 4.69) is 30.2 Å². The Morgan fingerprint density at radius 3 is 2.92 bits per heavy atom. The van der Waals surface area contributed by atoms with Gasteiger partial charge in [-0.1, -0.05) is 13.0 Å². The summed E-state index contributed by atoms with van der Waals surface area (Å²) in [5.41, 5.74) is 6.27. The van der Waals surface area contributed by atoms with E-state index < -0.39 is 0 Å². The fourth-order valence-corrected chi connectivity index (χ4v) is 3.32. The minimum Gasteiger partial charge on any atom is -0.457 e. The summed E-state index contributed by atoms with van der Waals surface area (Å²) < 4.78 is 7.62. The van der Waals surface area contributed by atoms with Gasteiger partial charge in [0.2, 0.25) is 0 Å². The largest absolute Gasteiger partial charge is 0.457 e. The van der Waals surface area contributed by atoms with Gasteiger partial charge in [0.1, 0.15) is 5.76 Å². The number of aromatic nitrogens is 3. The molecule has 1 aliphatic rings. The van der Waals surface area contributed by atoms with Gasteiger partial charge in [-0.2, -0.15) is 5.10 Å². The van der Waals surface area contributed by atoms with Crippen LogP contribution >= 0.6 is 0 Å². The first-order valence-corrected chi connectivity index (χ1v) is 8.27. The van der Waals surface area contributed by atoms with Crippen molar-refractivity contribution < 1.29 is 9.21 Å². The molecule has 0 aliphatic heterocycles. The molecular weight excluding hydrogens is 302 g/mol. The second-order valence-corrected chi connectivity index (χ2v) is 6.22. The van der Waals surface area contributed by atoms with Gasteiger partial charge in [-0.3, -0.25) is 14.5 Å². The third-order valence-electron chi connectivity index (χ3n) is 4.65. The first-order valence-electron chi connectivity index (χ1n) is 8.27. The van der Waals surface area contributed by atoms with E-state index in [0.29, 0.717) is 12.3 Å². The van der Waals surface area contributed by atoms with Crippen LogP contribution < -0.4 is 0 Å². The standard InChI is InChI=1S/C19H19N3O2/c1-3-15-6-4-13(8-20-15)9-22-10-14-5-7-16-18(19(14)21-22)12(2)17(11-23)24-16/h4,6,8,10-11H,3,5,7,9H2,1-2H3. The lowest BCUT2D eigenvalue weighted by Crippen LogP contribution is -2.02. The van der Waals surface area contributed by atoms with Gasteiger partial charge in [-0.25, -0.2) is 0 Å². The fraction of sp³-hybridized carbons (Fsp3) is 0.316. The summed E-state index contributed by atoms with van der Waals surface area (Å²) in [6.07, 6.45) is 7.44. The van der Waals surface area contributed by atoms with Crippen LogP contribution in [0.15, 0.2) is 28.9 Å². The van der Waals surface area contributed by atoms with Crippen molar-refractivity contribution in [2.75, 3.05) is 0 Å². The second kappa shape index (κ2) is 5.74. The summed E-state index contributed by atoms with van der Waals surface area (Å²) in [6, 6.07) is 4.17. The zero-order valence-electron chi connectivity index (χ0n) is 13.9. The van der Waals surface area contributed by atoms with Gasteiger partial charge >= 0.3 is 0 Å². The van der Waals surface area contributed by atoms with Crippen molar-refractivity contribution in [2.24, 2.45) is 0 Å². The SMILES string of the molecule is CCc1ccc(Cn2cc3c(n2)-c2c(oc(C=O)c2C)CC3)cn1. The van der Waals surface area contributed by atoms with Crippen molar-refractivity contribution in [2.45, 2.75) is 39.7 Å². The van der Waals surface area contributed by atoms with Gasteiger partial charge in [-0.15, -0.1) is 0 Å². The molecule has 122 valence electrons. The van der Waals surface area contributed by atoms with E-state index in [1.165, 1.54) is 5.56 Å². The van der Waals surface area contributed by atoms with E-state index in [1.807, 2.05) is 17.8 Å². The van der Waals surface area contributed by atoms with E-state index >= 15 is 0 Å². The molecule has 0 atom stereocenters. The first-order chi connectivity index (χ1) is 11.7. The fourth-order valence-electron chi connectivity index (χ4n) is 3.32. The Morgan fingerprint density at radius 1 is 1.33 bits per heavy atom. The molecule has 0 spiro atoms. The van der Waals surface area contributed by atoms with Crippen molar-refractivity contribution in [3.63, 3.8) is 0 Å². The maximum atomic E-state index is 11.1. The first kappa shape index (κ1) is 14.9. The number of hydrogen-bond donors (Lipinski definition) is 0. The molecule has 0 radical (unpaired) electrons. The van der Waals surface area contributed by atoms with E-state index in [4.69, 9.17) is 9.52 Å². The highest BCUT2D eigenvalue weighted by molar-refractivity contribution is 5.81. The number of fused-ring (bicyclic) bond motifs is 3. The minimum atomic E-state index is 0.418. The van der Waals surface area contributed by atoms with E-state index in [-0.39, 0.29) is 0 Å². The molecule has 0 saturated heterocycles. The van der Waals surface area contributed by atoms with Crippen LogP contribution in [0.5, 0.6) is 0 Å². The number of aryl methyl sites for hydroxylation is 3. The van der Waals surface area contributed by atoms with Crippen LogP contribution in [0.2, 0.25) is 0 Å². The Morgan fingerprint density at radius 2 is 2.21 bits per heavy atom. The van der Waals surface area contributed by atoms with Gasteiger partial charge in [0.05, 0.1) is 12.2 Å². The Hall–Kier alpha value is -2.69. The normalized spacial score (nSPS) is 12.8. The maximum absolute atomic E-state index is 11.1. The third kappa shape index (κ3) is 2.37. The minimum absolute atomic E-state index is 0.418. The van der Waals surface area contributed by atoms with Crippen molar-refractivity contribution in [3.05, 3.63) is 58.4 Å². The molecule has 0 N–H and O–H groups in total. The molecule has 4 rings (SSSR count). The predicted molar refractivity (Wildman–Crippen MR) is 90.2 cm³/mol. The van der Waals surface area contributed by atoms with E-state index in [0.717, 1.165) is 59.4 Å². The number of nitrogens with zero attached hydrogens (tertiary/aromatic N) is 3. The average Bonchev–Trinajstić information content (AvgIpc) is 3.15. The molecule has 0 amide bonds. The van der Waals surface area contributed by atoms with Crippen molar-refractivity contribution in [3.8, 4) is 11.3 Å². The number of hydrogen-bond acceptors (Lipinski definition) is 4. The number of carbonyl (C=O) groups excluding carboxylic acids is 1. The molecule has 3 heterocycles. The number of furan rings is 1. The smallest absolute Gasteiger partial charge is 0.185 e. The van der Waals surface area contributed by atoms with Gasteiger partial charge < -0.3 is 4.42 Å².